The molecule has 0 radical (unpaired) electrons. The lowest BCUT2D eigenvalue weighted by Gasteiger charge is -2.34. The molecule has 0 aromatic heterocycles. The monoisotopic (exact) mass is 589 g/mol. The zero-order valence-corrected chi connectivity index (χ0v) is 24.6. The molecule has 0 saturated carbocycles. The molecule has 0 aliphatic rings. The summed E-state index contributed by atoms with van der Waals surface area (Å²) in [5.41, 5.74) is 2.88. The number of anilines is 1. The van der Waals surface area contributed by atoms with E-state index in [4.69, 9.17) is 23.2 Å². The number of sulfonamides is 1. The van der Waals surface area contributed by atoms with E-state index in [0.29, 0.717) is 6.54 Å². The Hall–Kier alpha value is -3.07. The summed E-state index contributed by atoms with van der Waals surface area (Å²) in [6, 6.07) is 20.5. The van der Waals surface area contributed by atoms with Gasteiger partial charge in [-0.05, 0) is 48.2 Å². The summed E-state index contributed by atoms with van der Waals surface area (Å²) in [7, 11) is -3.89. The molecule has 0 heterocycles. The first-order valence-corrected chi connectivity index (χ1v) is 15.2. The number of hydrogen-bond acceptors (Lipinski definition) is 4. The number of nitrogens with one attached hydrogen (secondary N) is 1. The SMILES string of the molecule is CCCNC(=O)[C@H](Cc1ccccc1)N(Cc1ccccc1C)C(=O)CN(c1ccc(Cl)c(Cl)c1)S(C)(=O)=O. The number of carbonyl (C=O) groups is 2. The Kier molecular flexibility index (Phi) is 10.8. The quantitative estimate of drug-likeness (QED) is 0.313. The molecule has 0 bridgehead atoms. The van der Waals surface area contributed by atoms with E-state index in [1.807, 2.05) is 68.4 Å². The van der Waals surface area contributed by atoms with Crippen molar-refractivity contribution < 1.29 is 18.0 Å². The second-order valence-electron chi connectivity index (χ2n) is 9.31. The maximum absolute atomic E-state index is 14.0. The lowest BCUT2D eigenvalue weighted by Crippen LogP contribution is -2.53. The number of amides is 2. The minimum atomic E-state index is -3.89. The van der Waals surface area contributed by atoms with Gasteiger partial charge < -0.3 is 10.2 Å². The highest BCUT2D eigenvalue weighted by molar-refractivity contribution is 7.92. The maximum atomic E-state index is 14.0. The number of halogens is 2. The fraction of sp³-hybridized carbons (Fsp3) is 0.310. The molecule has 2 amide bonds. The standard InChI is InChI=1S/C29H33Cl2N3O4S/c1-4-16-32-29(36)27(17-22-11-6-5-7-12-22)33(19-23-13-9-8-10-21(23)2)28(35)20-34(39(3,37)38)24-14-15-25(30)26(31)18-24/h5-15,18,27H,4,16-17,19-20H2,1-3H3,(H,32,36)/t27-/m0/s1. The molecule has 10 heteroatoms. The topological polar surface area (TPSA) is 86.8 Å². The van der Waals surface area contributed by atoms with Crippen molar-refractivity contribution in [2.24, 2.45) is 0 Å². The molecule has 3 rings (SSSR count). The summed E-state index contributed by atoms with van der Waals surface area (Å²) >= 11 is 12.2. The summed E-state index contributed by atoms with van der Waals surface area (Å²) in [4.78, 5) is 29.0. The van der Waals surface area contributed by atoms with Crippen molar-refractivity contribution in [1.82, 2.24) is 10.2 Å². The van der Waals surface area contributed by atoms with Gasteiger partial charge in [0, 0.05) is 19.5 Å². The van der Waals surface area contributed by atoms with Crippen LogP contribution in [0.3, 0.4) is 0 Å². The van der Waals surface area contributed by atoms with E-state index < -0.39 is 28.5 Å². The number of aryl methyl sites for hydroxylation is 1. The van der Waals surface area contributed by atoms with Gasteiger partial charge in [-0.2, -0.15) is 0 Å². The third-order valence-electron chi connectivity index (χ3n) is 6.29. The predicted octanol–water partition coefficient (Wildman–Crippen LogP) is 5.23. The first-order chi connectivity index (χ1) is 18.5. The highest BCUT2D eigenvalue weighted by Gasteiger charge is 2.33. The van der Waals surface area contributed by atoms with Crippen LogP contribution in [-0.4, -0.2) is 50.5 Å². The molecule has 7 nitrogen and oxygen atoms in total. The molecule has 208 valence electrons. The van der Waals surface area contributed by atoms with Gasteiger partial charge in [-0.3, -0.25) is 13.9 Å². The van der Waals surface area contributed by atoms with E-state index in [0.717, 1.165) is 33.7 Å². The number of hydrogen-bond donors (Lipinski definition) is 1. The summed E-state index contributed by atoms with van der Waals surface area (Å²) in [6.07, 6.45) is 2.01. The summed E-state index contributed by atoms with van der Waals surface area (Å²) in [6.45, 7) is 3.94. The number of nitrogens with zero attached hydrogens (tertiary/aromatic N) is 2. The van der Waals surface area contributed by atoms with Gasteiger partial charge in [0.15, 0.2) is 0 Å². The van der Waals surface area contributed by atoms with Crippen LogP contribution >= 0.6 is 23.2 Å². The molecular weight excluding hydrogens is 557 g/mol. The average molecular weight is 591 g/mol. The van der Waals surface area contributed by atoms with Gasteiger partial charge in [-0.15, -0.1) is 0 Å². The Labute approximate surface area is 240 Å². The van der Waals surface area contributed by atoms with Crippen LogP contribution < -0.4 is 9.62 Å². The summed E-state index contributed by atoms with van der Waals surface area (Å²) < 4.78 is 26.6. The van der Waals surface area contributed by atoms with E-state index in [9.17, 15) is 18.0 Å². The van der Waals surface area contributed by atoms with Crippen molar-refractivity contribution in [2.75, 3.05) is 23.7 Å². The van der Waals surface area contributed by atoms with Gasteiger partial charge in [0.1, 0.15) is 12.6 Å². The molecule has 0 aliphatic heterocycles. The first kappa shape index (κ1) is 30.5. The largest absolute Gasteiger partial charge is 0.354 e. The van der Waals surface area contributed by atoms with Crippen LogP contribution in [0, 0.1) is 6.92 Å². The molecule has 0 saturated heterocycles. The lowest BCUT2D eigenvalue weighted by atomic mass is 10.0. The summed E-state index contributed by atoms with van der Waals surface area (Å²) in [5, 5.41) is 3.34. The van der Waals surface area contributed by atoms with Crippen LogP contribution in [0.2, 0.25) is 10.0 Å². The number of rotatable bonds is 12. The predicted molar refractivity (Wildman–Crippen MR) is 158 cm³/mol. The zero-order valence-electron chi connectivity index (χ0n) is 22.2. The Morgan fingerprint density at radius 1 is 0.949 bits per heavy atom. The second-order valence-corrected chi connectivity index (χ2v) is 12.0. The smallest absolute Gasteiger partial charge is 0.244 e. The molecule has 0 fully saturated rings. The molecule has 3 aromatic carbocycles. The van der Waals surface area contributed by atoms with Crippen molar-refractivity contribution in [1.29, 1.82) is 0 Å². The normalized spacial score (nSPS) is 12.0. The number of benzene rings is 3. The first-order valence-electron chi connectivity index (χ1n) is 12.6. The Morgan fingerprint density at radius 2 is 1.62 bits per heavy atom. The lowest BCUT2D eigenvalue weighted by molar-refractivity contribution is -0.140. The molecule has 0 unspecified atom stereocenters. The average Bonchev–Trinajstić information content (AvgIpc) is 2.90. The molecule has 0 spiro atoms. The van der Waals surface area contributed by atoms with Crippen LogP contribution in [0.15, 0.2) is 72.8 Å². The second kappa shape index (κ2) is 13.8. The van der Waals surface area contributed by atoms with Gasteiger partial charge in [-0.25, -0.2) is 8.42 Å². The van der Waals surface area contributed by atoms with Crippen LogP contribution in [-0.2, 0) is 32.6 Å². The van der Waals surface area contributed by atoms with Gasteiger partial charge in [0.25, 0.3) is 0 Å². The molecule has 1 N–H and O–H groups in total. The van der Waals surface area contributed by atoms with Gasteiger partial charge in [0.2, 0.25) is 21.8 Å². The van der Waals surface area contributed by atoms with E-state index in [2.05, 4.69) is 5.32 Å². The van der Waals surface area contributed by atoms with Crippen molar-refractivity contribution >= 4 is 50.7 Å². The fourth-order valence-electron chi connectivity index (χ4n) is 4.14. The molecular formula is C29H33Cl2N3O4S. The highest BCUT2D eigenvalue weighted by atomic mass is 35.5. The minimum absolute atomic E-state index is 0.127. The third kappa shape index (κ3) is 8.46. The van der Waals surface area contributed by atoms with Gasteiger partial charge in [-0.1, -0.05) is 84.7 Å². The van der Waals surface area contributed by atoms with Gasteiger partial charge in [0.05, 0.1) is 22.0 Å². The van der Waals surface area contributed by atoms with E-state index in [1.54, 1.807) is 0 Å². The highest BCUT2D eigenvalue weighted by Crippen LogP contribution is 2.29. The van der Waals surface area contributed by atoms with Crippen molar-refractivity contribution in [3.63, 3.8) is 0 Å². The maximum Gasteiger partial charge on any atom is 0.244 e. The van der Waals surface area contributed by atoms with Crippen molar-refractivity contribution in [2.45, 2.75) is 39.3 Å². The van der Waals surface area contributed by atoms with E-state index in [-0.39, 0.29) is 34.6 Å². The van der Waals surface area contributed by atoms with Crippen LogP contribution in [0.4, 0.5) is 5.69 Å². The molecule has 39 heavy (non-hydrogen) atoms. The molecule has 0 aliphatic carbocycles. The Morgan fingerprint density at radius 3 is 2.23 bits per heavy atom. The van der Waals surface area contributed by atoms with Gasteiger partial charge >= 0.3 is 0 Å². The van der Waals surface area contributed by atoms with Crippen LogP contribution in [0.25, 0.3) is 0 Å². The molecule has 1 atom stereocenters. The number of carbonyl (C=O) groups excluding carboxylic acids is 2. The Balaban J connectivity index is 2.06. The van der Waals surface area contributed by atoms with Crippen molar-refractivity contribution in [3.8, 4) is 0 Å². The third-order valence-corrected chi connectivity index (χ3v) is 8.17. The van der Waals surface area contributed by atoms with Crippen LogP contribution in [0.5, 0.6) is 0 Å². The zero-order chi connectivity index (χ0) is 28.6. The minimum Gasteiger partial charge on any atom is -0.354 e. The summed E-state index contributed by atoms with van der Waals surface area (Å²) in [5.74, 6) is -0.828. The van der Waals surface area contributed by atoms with Crippen LogP contribution in [0.1, 0.15) is 30.0 Å². The Bertz CT molecular complexity index is 1400. The van der Waals surface area contributed by atoms with Crippen molar-refractivity contribution in [3.05, 3.63) is 99.5 Å². The fourth-order valence-corrected chi connectivity index (χ4v) is 5.28. The molecule has 3 aromatic rings. The van der Waals surface area contributed by atoms with E-state index in [1.165, 1.54) is 23.1 Å². The van der Waals surface area contributed by atoms with E-state index >= 15 is 0 Å².